The number of imidazole rings is 1. The molecule has 0 atom stereocenters. The Kier molecular flexibility index (Phi) is 4.91. The Morgan fingerprint density at radius 3 is 2.85 bits per heavy atom. The molecule has 4 aromatic rings. The molecule has 2 aromatic carbocycles. The van der Waals surface area contributed by atoms with Gasteiger partial charge in [-0.3, -0.25) is 4.57 Å². The predicted molar refractivity (Wildman–Crippen MR) is 109 cm³/mol. The Bertz CT molecular complexity index is 1150. The van der Waals surface area contributed by atoms with Crippen LogP contribution in [0.15, 0.2) is 58.5 Å². The van der Waals surface area contributed by atoms with E-state index in [-0.39, 0.29) is 5.69 Å². The lowest BCUT2D eigenvalue weighted by Crippen LogP contribution is -2.17. The molecular weight excluding hydrogens is 384 g/mol. The molecule has 27 heavy (non-hydrogen) atoms. The fraction of sp³-hybridized carbons (Fsp3) is 0.167. The summed E-state index contributed by atoms with van der Waals surface area (Å²) in [6.07, 6.45) is 0.797. The summed E-state index contributed by atoms with van der Waals surface area (Å²) in [5, 5.41) is 9.56. The average Bonchev–Trinajstić information content (AvgIpc) is 3.18. The van der Waals surface area contributed by atoms with Crippen molar-refractivity contribution < 1.29 is 0 Å². The molecule has 0 bridgehead atoms. The summed E-state index contributed by atoms with van der Waals surface area (Å²) in [5.41, 5.74) is 2.49. The van der Waals surface area contributed by atoms with Gasteiger partial charge in [-0.1, -0.05) is 47.6 Å². The molecule has 0 unspecified atom stereocenters. The Labute approximate surface area is 164 Å². The number of thioether (sulfide) groups is 1. The van der Waals surface area contributed by atoms with Crippen LogP contribution < -0.4 is 11.5 Å². The zero-order valence-electron chi connectivity index (χ0n) is 14.3. The van der Waals surface area contributed by atoms with Crippen molar-refractivity contribution in [3.8, 4) is 11.4 Å². The number of nitrogens with two attached hydrogens (primary N) is 1. The highest BCUT2D eigenvalue weighted by Gasteiger charge is 2.12. The number of nitrogens with one attached hydrogen (secondary N) is 1. The second-order valence-corrected chi connectivity index (χ2v) is 7.49. The minimum Gasteiger partial charge on any atom is -0.335 e. The topological polar surface area (TPSA) is 94.5 Å². The molecule has 0 aliphatic carbocycles. The van der Waals surface area contributed by atoms with Crippen LogP contribution in [0.1, 0.15) is 6.42 Å². The fourth-order valence-corrected chi connectivity index (χ4v) is 3.89. The molecule has 0 saturated heterocycles. The second kappa shape index (κ2) is 7.50. The van der Waals surface area contributed by atoms with Crippen molar-refractivity contribution in [2.45, 2.75) is 18.1 Å². The molecular formula is C18H17ClN6OS. The molecule has 3 N–H and O–H groups in total. The van der Waals surface area contributed by atoms with Gasteiger partial charge in [-0.05, 0) is 30.7 Å². The van der Waals surface area contributed by atoms with Gasteiger partial charge < -0.3 is 10.8 Å². The number of benzene rings is 2. The highest BCUT2D eigenvalue weighted by molar-refractivity contribution is 7.99. The van der Waals surface area contributed by atoms with Gasteiger partial charge in [-0.15, -0.1) is 10.2 Å². The third-order valence-electron chi connectivity index (χ3n) is 4.19. The van der Waals surface area contributed by atoms with Gasteiger partial charge in [-0.2, -0.15) is 0 Å². The van der Waals surface area contributed by atoms with E-state index in [0.29, 0.717) is 22.5 Å². The third-order valence-corrected chi connectivity index (χ3v) is 5.45. The first kappa shape index (κ1) is 17.7. The van der Waals surface area contributed by atoms with E-state index in [1.165, 1.54) is 16.4 Å². The van der Waals surface area contributed by atoms with Crippen LogP contribution in [0.4, 0.5) is 0 Å². The fourth-order valence-electron chi connectivity index (χ4n) is 2.91. The number of para-hydroxylation sites is 2. The van der Waals surface area contributed by atoms with Crippen LogP contribution in [-0.2, 0) is 6.54 Å². The standard InChI is InChI=1S/C18H17ClN6OS/c19-13-6-3-5-12(11-13)16-22-23-18(25(16)20)27-10-4-9-24-15-8-2-1-7-14(15)21-17(24)26/h1-3,5-8,11H,4,9-10,20H2,(H,21,26). The van der Waals surface area contributed by atoms with Crippen molar-refractivity contribution in [2.75, 3.05) is 11.6 Å². The molecule has 0 fully saturated rings. The van der Waals surface area contributed by atoms with Crippen molar-refractivity contribution in [3.63, 3.8) is 0 Å². The van der Waals surface area contributed by atoms with Gasteiger partial charge >= 0.3 is 5.69 Å². The number of nitrogen functional groups attached to an aromatic ring is 1. The first-order chi connectivity index (χ1) is 13.1. The number of fused-ring (bicyclic) bond motifs is 1. The molecule has 2 aromatic heterocycles. The molecule has 4 rings (SSSR count). The van der Waals surface area contributed by atoms with Gasteiger partial charge in [0.05, 0.1) is 11.0 Å². The van der Waals surface area contributed by atoms with E-state index in [4.69, 9.17) is 17.4 Å². The number of nitrogens with zero attached hydrogens (tertiary/aromatic N) is 4. The normalized spacial score (nSPS) is 11.3. The third kappa shape index (κ3) is 3.58. The van der Waals surface area contributed by atoms with Gasteiger partial charge in [-0.25, -0.2) is 9.47 Å². The molecule has 0 aliphatic rings. The summed E-state index contributed by atoms with van der Waals surface area (Å²) in [6.45, 7) is 0.621. The monoisotopic (exact) mass is 400 g/mol. The first-order valence-electron chi connectivity index (χ1n) is 8.40. The molecule has 0 saturated carbocycles. The van der Waals surface area contributed by atoms with E-state index < -0.39 is 0 Å². The molecule has 9 heteroatoms. The summed E-state index contributed by atoms with van der Waals surface area (Å²) >= 11 is 7.53. The maximum atomic E-state index is 12.1. The van der Waals surface area contributed by atoms with Crippen LogP contribution >= 0.6 is 23.4 Å². The molecule has 0 radical (unpaired) electrons. The van der Waals surface area contributed by atoms with Gasteiger partial charge in [0.1, 0.15) is 0 Å². The maximum absolute atomic E-state index is 12.1. The SMILES string of the molecule is Nn1c(SCCCn2c(=O)[nH]c3ccccc32)nnc1-c1cccc(Cl)c1. The summed E-state index contributed by atoms with van der Waals surface area (Å²) in [6, 6.07) is 15.0. The number of hydrogen-bond donors (Lipinski definition) is 2. The second-order valence-electron chi connectivity index (χ2n) is 5.99. The summed E-state index contributed by atoms with van der Waals surface area (Å²) in [5.74, 6) is 7.45. The number of hydrogen-bond acceptors (Lipinski definition) is 5. The predicted octanol–water partition coefficient (Wildman–Crippen LogP) is 3.14. The van der Waals surface area contributed by atoms with Crippen LogP contribution in [0.5, 0.6) is 0 Å². The Morgan fingerprint density at radius 1 is 1.15 bits per heavy atom. The van der Waals surface area contributed by atoms with Crippen molar-refractivity contribution in [2.24, 2.45) is 0 Å². The lowest BCUT2D eigenvalue weighted by atomic mass is 10.2. The zero-order valence-corrected chi connectivity index (χ0v) is 15.9. The van der Waals surface area contributed by atoms with E-state index in [1.54, 1.807) is 16.7 Å². The van der Waals surface area contributed by atoms with Crippen LogP contribution in [-0.4, -0.2) is 30.2 Å². The molecule has 2 heterocycles. The number of halogens is 1. The maximum Gasteiger partial charge on any atom is 0.326 e. The molecule has 138 valence electrons. The minimum atomic E-state index is -0.0913. The molecule has 0 aliphatic heterocycles. The number of rotatable bonds is 6. The highest BCUT2D eigenvalue weighted by Crippen LogP contribution is 2.24. The quantitative estimate of drug-likeness (QED) is 0.294. The van der Waals surface area contributed by atoms with Gasteiger partial charge in [0.25, 0.3) is 0 Å². The van der Waals surface area contributed by atoms with Crippen LogP contribution in [0.25, 0.3) is 22.4 Å². The van der Waals surface area contributed by atoms with Crippen molar-refractivity contribution >= 4 is 34.4 Å². The number of aromatic nitrogens is 5. The Morgan fingerprint density at radius 2 is 2.00 bits per heavy atom. The van der Waals surface area contributed by atoms with Crippen molar-refractivity contribution in [1.82, 2.24) is 24.4 Å². The smallest absolute Gasteiger partial charge is 0.326 e. The van der Waals surface area contributed by atoms with Gasteiger partial charge in [0, 0.05) is 22.9 Å². The average molecular weight is 401 g/mol. The number of aromatic amines is 1. The van der Waals surface area contributed by atoms with Gasteiger partial charge in [0.15, 0.2) is 5.82 Å². The molecule has 0 amide bonds. The van der Waals surface area contributed by atoms with Crippen LogP contribution in [0.2, 0.25) is 5.02 Å². The number of H-pyrrole nitrogens is 1. The molecule has 0 spiro atoms. The lowest BCUT2D eigenvalue weighted by molar-refractivity contribution is 0.678. The number of aryl methyl sites for hydroxylation is 1. The van der Waals surface area contributed by atoms with Crippen LogP contribution in [0.3, 0.4) is 0 Å². The molecule has 7 nitrogen and oxygen atoms in total. The van der Waals surface area contributed by atoms with Crippen molar-refractivity contribution in [3.05, 3.63) is 64.0 Å². The van der Waals surface area contributed by atoms with E-state index in [1.807, 2.05) is 36.4 Å². The van der Waals surface area contributed by atoms with Crippen LogP contribution in [0, 0.1) is 0 Å². The van der Waals surface area contributed by atoms with Crippen molar-refractivity contribution in [1.29, 1.82) is 0 Å². The Balaban J connectivity index is 1.41. The van der Waals surface area contributed by atoms with E-state index in [9.17, 15) is 4.79 Å². The van der Waals surface area contributed by atoms with E-state index in [0.717, 1.165) is 28.8 Å². The van der Waals surface area contributed by atoms with E-state index in [2.05, 4.69) is 15.2 Å². The zero-order chi connectivity index (χ0) is 18.8. The minimum absolute atomic E-state index is 0.0913. The largest absolute Gasteiger partial charge is 0.335 e. The highest BCUT2D eigenvalue weighted by atomic mass is 35.5. The lowest BCUT2D eigenvalue weighted by Gasteiger charge is -2.05. The summed E-state index contributed by atoms with van der Waals surface area (Å²) in [7, 11) is 0. The van der Waals surface area contributed by atoms with E-state index >= 15 is 0 Å². The Hall–Kier alpha value is -2.71. The van der Waals surface area contributed by atoms with Gasteiger partial charge in [0.2, 0.25) is 5.16 Å². The summed E-state index contributed by atoms with van der Waals surface area (Å²) < 4.78 is 3.22. The summed E-state index contributed by atoms with van der Waals surface area (Å²) in [4.78, 5) is 15.0. The first-order valence-corrected chi connectivity index (χ1v) is 9.76.